The molecule has 0 saturated carbocycles. The molecular formula is C18H21N3O2S. The second-order valence-electron chi connectivity index (χ2n) is 5.98. The predicted molar refractivity (Wildman–Crippen MR) is 99.5 cm³/mol. The Morgan fingerprint density at radius 2 is 1.88 bits per heavy atom. The number of hydrogen-bond donors (Lipinski definition) is 0. The van der Waals surface area contributed by atoms with Crippen molar-refractivity contribution < 1.29 is 9.47 Å². The van der Waals surface area contributed by atoms with Crippen LogP contribution in [0.15, 0.2) is 29.6 Å². The zero-order valence-electron chi connectivity index (χ0n) is 14.5. The predicted octanol–water partition coefficient (Wildman–Crippen LogP) is 4.22. The molecule has 0 atom stereocenters. The van der Waals surface area contributed by atoms with Crippen LogP contribution in [0.5, 0.6) is 11.6 Å². The molecule has 0 aliphatic rings. The molecule has 1 aromatic carbocycles. The molecule has 0 N–H and O–H groups in total. The number of pyridine rings is 1. The lowest BCUT2D eigenvalue weighted by Gasteiger charge is -2.13. The molecule has 2 aromatic heterocycles. The first kappa shape index (κ1) is 16.5. The number of methoxy groups -OCH3 is 1. The maximum atomic E-state index is 5.93. The zero-order chi connectivity index (χ0) is 17.3. The van der Waals surface area contributed by atoms with Gasteiger partial charge in [0, 0.05) is 24.9 Å². The molecule has 2 heterocycles. The number of ether oxygens (including phenoxy) is 2. The third kappa shape index (κ3) is 3.28. The van der Waals surface area contributed by atoms with E-state index in [1.54, 1.807) is 18.4 Å². The number of anilines is 1. The highest BCUT2D eigenvalue weighted by atomic mass is 32.1. The first-order chi connectivity index (χ1) is 11.5. The van der Waals surface area contributed by atoms with E-state index in [-0.39, 0.29) is 6.10 Å². The summed E-state index contributed by atoms with van der Waals surface area (Å²) >= 11 is 1.59. The van der Waals surface area contributed by atoms with Crippen molar-refractivity contribution in [3.05, 3.63) is 29.6 Å². The number of nitrogens with zero attached hydrogens (tertiary/aromatic N) is 3. The summed E-state index contributed by atoms with van der Waals surface area (Å²) in [4.78, 5) is 11.3. The van der Waals surface area contributed by atoms with Crippen molar-refractivity contribution >= 4 is 27.2 Å². The normalized spacial score (nSPS) is 11.1. The van der Waals surface area contributed by atoms with Crippen LogP contribution in [-0.4, -0.2) is 37.3 Å². The molecule has 0 bridgehead atoms. The van der Waals surface area contributed by atoms with Crippen molar-refractivity contribution in [1.82, 2.24) is 9.97 Å². The molecule has 5 nitrogen and oxygen atoms in total. The maximum Gasteiger partial charge on any atom is 0.222 e. The van der Waals surface area contributed by atoms with E-state index in [1.165, 1.54) is 0 Å². The average molecular weight is 343 g/mol. The van der Waals surface area contributed by atoms with Crippen molar-refractivity contribution in [3.63, 3.8) is 0 Å². The lowest BCUT2D eigenvalue weighted by Crippen LogP contribution is -2.08. The lowest BCUT2D eigenvalue weighted by molar-refractivity contribution is 0.236. The van der Waals surface area contributed by atoms with Crippen LogP contribution in [0.3, 0.4) is 0 Å². The monoisotopic (exact) mass is 343 g/mol. The molecule has 126 valence electrons. The Bertz CT molecular complexity index is 859. The van der Waals surface area contributed by atoms with Crippen LogP contribution in [0, 0.1) is 0 Å². The van der Waals surface area contributed by atoms with Crippen molar-refractivity contribution in [2.45, 2.75) is 20.0 Å². The van der Waals surface area contributed by atoms with Gasteiger partial charge in [0.25, 0.3) is 0 Å². The Kier molecular flexibility index (Phi) is 4.57. The van der Waals surface area contributed by atoms with Gasteiger partial charge in [-0.2, -0.15) is 0 Å². The summed E-state index contributed by atoms with van der Waals surface area (Å²) in [6.45, 7) is 3.99. The molecule has 0 radical (unpaired) electrons. The Balaban J connectivity index is 2.15. The first-order valence-corrected chi connectivity index (χ1v) is 8.64. The number of thiazole rings is 1. The van der Waals surface area contributed by atoms with Crippen LogP contribution in [0.2, 0.25) is 0 Å². The van der Waals surface area contributed by atoms with Crippen LogP contribution >= 0.6 is 11.3 Å². The van der Waals surface area contributed by atoms with Gasteiger partial charge in [-0.15, -0.1) is 11.3 Å². The van der Waals surface area contributed by atoms with Crippen molar-refractivity contribution in [1.29, 1.82) is 0 Å². The highest BCUT2D eigenvalue weighted by molar-refractivity contribution is 7.14. The zero-order valence-corrected chi connectivity index (χ0v) is 15.3. The molecule has 6 heteroatoms. The van der Waals surface area contributed by atoms with Crippen molar-refractivity contribution in [2.24, 2.45) is 0 Å². The van der Waals surface area contributed by atoms with Gasteiger partial charge in [-0.25, -0.2) is 9.97 Å². The minimum Gasteiger partial charge on any atom is -0.497 e. The van der Waals surface area contributed by atoms with Gasteiger partial charge >= 0.3 is 0 Å². The summed E-state index contributed by atoms with van der Waals surface area (Å²) in [5.74, 6) is 1.43. The van der Waals surface area contributed by atoms with Gasteiger partial charge in [-0.05, 0) is 43.5 Å². The molecule has 0 spiro atoms. The third-order valence-corrected chi connectivity index (χ3v) is 4.50. The van der Waals surface area contributed by atoms with E-state index in [4.69, 9.17) is 14.5 Å². The van der Waals surface area contributed by atoms with Crippen molar-refractivity contribution in [2.75, 3.05) is 26.1 Å². The Hall–Kier alpha value is -2.34. The molecule has 0 fully saturated rings. The van der Waals surface area contributed by atoms with E-state index < -0.39 is 0 Å². The molecule has 0 saturated heterocycles. The minimum atomic E-state index is 0.0471. The first-order valence-electron chi connectivity index (χ1n) is 7.76. The second-order valence-corrected chi connectivity index (χ2v) is 6.81. The van der Waals surface area contributed by atoms with Crippen LogP contribution in [0.1, 0.15) is 13.8 Å². The number of benzene rings is 1. The SMILES string of the molecule is COc1ccc2c(OC(C)C)nc(-c3csc(N(C)C)n3)cc2c1. The highest BCUT2D eigenvalue weighted by Crippen LogP contribution is 2.33. The number of fused-ring (bicyclic) bond motifs is 1. The minimum absolute atomic E-state index is 0.0471. The molecular weight excluding hydrogens is 322 g/mol. The van der Waals surface area contributed by atoms with Crippen LogP contribution in [0.25, 0.3) is 22.2 Å². The molecule has 0 aliphatic carbocycles. The number of hydrogen-bond acceptors (Lipinski definition) is 6. The third-order valence-electron chi connectivity index (χ3n) is 3.49. The van der Waals surface area contributed by atoms with Gasteiger partial charge in [0.15, 0.2) is 5.13 Å². The summed E-state index contributed by atoms with van der Waals surface area (Å²) in [6, 6.07) is 7.92. The van der Waals surface area contributed by atoms with Gasteiger partial charge in [-0.1, -0.05) is 0 Å². The van der Waals surface area contributed by atoms with Crippen molar-refractivity contribution in [3.8, 4) is 23.0 Å². The summed E-state index contributed by atoms with van der Waals surface area (Å²) in [7, 11) is 5.63. The molecule has 3 rings (SSSR count). The van der Waals surface area contributed by atoms with Gasteiger partial charge in [0.1, 0.15) is 11.4 Å². The van der Waals surface area contributed by atoms with E-state index in [9.17, 15) is 0 Å². The molecule has 0 amide bonds. The van der Waals surface area contributed by atoms with E-state index in [2.05, 4.69) is 4.98 Å². The Morgan fingerprint density at radius 1 is 1.08 bits per heavy atom. The number of aromatic nitrogens is 2. The maximum absolute atomic E-state index is 5.93. The fourth-order valence-corrected chi connectivity index (χ4v) is 3.12. The van der Waals surface area contributed by atoms with Crippen LogP contribution in [0.4, 0.5) is 5.13 Å². The Labute approximate surface area is 145 Å². The Morgan fingerprint density at radius 3 is 2.50 bits per heavy atom. The summed E-state index contributed by atoms with van der Waals surface area (Å²) < 4.78 is 11.3. The molecule has 24 heavy (non-hydrogen) atoms. The van der Waals surface area contributed by atoms with Gasteiger partial charge < -0.3 is 14.4 Å². The lowest BCUT2D eigenvalue weighted by atomic mass is 10.1. The summed E-state index contributed by atoms with van der Waals surface area (Å²) in [5, 5.41) is 4.96. The summed E-state index contributed by atoms with van der Waals surface area (Å²) in [6.07, 6.45) is 0.0471. The topological polar surface area (TPSA) is 47.5 Å². The largest absolute Gasteiger partial charge is 0.497 e. The van der Waals surface area contributed by atoms with Crippen LogP contribution < -0.4 is 14.4 Å². The van der Waals surface area contributed by atoms with Crippen LogP contribution in [-0.2, 0) is 0 Å². The van der Waals surface area contributed by atoms with E-state index in [0.29, 0.717) is 5.88 Å². The summed E-state index contributed by atoms with van der Waals surface area (Å²) in [5.41, 5.74) is 1.65. The standard InChI is InChI=1S/C18H21N3O2S/c1-11(2)23-17-14-7-6-13(22-5)8-12(14)9-15(19-17)16-10-24-18(20-16)21(3)4/h6-11H,1-5H3. The fraction of sp³-hybridized carbons (Fsp3) is 0.333. The van der Waals surface area contributed by atoms with Gasteiger partial charge in [0.05, 0.1) is 18.9 Å². The smallest absolute Gasteiger partial charge is 0.222 e. The average Bonchev–Trinajstić information content (AvgIpc) is 3.03. The van der Waals surface area contributed by atoms with E-state index >= 15 is 0 Å². The highest BCUT2D eigenvalue weighted by Gasteiger charge is 2.14. The molecule has 3 aromatic rings. The van der Waals surface area contributed by atoms with Gasteiger partial charge in [0.2, 0.25) is 5.88 Å². The molecule has 0 unspecified atom stereocenters. The van der Waals surface area contributed by atoms with Gasteiger partial charge in [-0.3, -0.25) is 0 Å². The second kappa shape index (κ2) is 6.65. The van der Waals surface area contributed by atoms with E-state index in [0.717, 1.165) is 33.0 Å². The van der Waals surface area contributed by atoms with E-state index in [1.807, 2.05) is 62.5 Å². The quantitative estimate of drug-likeness (QED) is 0.694. The molecule has 0 aliphatic heterocycles. The fourth-order valence-electron chi connectivity index (χ4n) is 2.36. The number of rotatable bonds is 5.